The molecule has 0 aliphatic carbocycles. The number of nitrogens with zero attached hydrogens (tertiary/aromatic N) is 3. The Morgan fingerprint density at radius 1 is 1.18 bits per heavy atom. The van der Waals surface area contributed by atoms with Crippen LogP contribution < -0.4 is 25.0 Å². The van der Waals surface area contributed by atoms with Crippen LogP contribution in [0.2, 0.25) is 0 Å². The van der Waals surface area contributed by atoms with E-state index in [4.69, 9.17) is 9.47 Å². The van der Waals surface area contributed by atoms with Crippen LogP contribution in [-0.4, -0.2) is 51.8 Å². The van der Waals surface area contributed by atoms with Crippen molar-refractivity contribution in [3.8, 4) is 11.5 Å². The number of halogens is 1. The van der Waals surface area contributed by atoms with Gasteiger partial charge < -0.3 is 25.0 Å². The van der Waals surface area contributed by atoms with Gasteiger partial charge in [-0.15, -0.1) is 24.0 Å². The molecule has 2 aromatic rings. The molecule has 154 valence electrons. The van der Waals surface area contributed by atoms with E-state index in [1.807, 2.05) is 68.5 Å². The van der Waals surface area contributed by atoms with Crippen molar-refractivity contribution in [2.24, 2.45) is 4.99 Å². The van der Waals surface area contributed by atoms with Gasteiger partial charge in [0.05, 0.1) is 13.7 Å². The van der Waals surface area contributed by atoms with E-state index in [2.05, 4.69) is 20.6 Å². The monoisotopic (exact) mass is 499 g/mol. The van der Waals surface area contributed by atoms with E-state index in [1.54, 1.807) is 14.2 Å². The van der Waals surface area contributed by atoms with Crippen molar-refractivity contribution in [2.75, 3.05) is 39.7 Å². The van der Waals surface area contributed by atoms with Gasteiger partial charge in [0.2, 0.25) is 0 Å². The third kappa shape index (κ3) is 7.41. The van der Waals surface area contributed by atoms with Gasteiger partial charge in [0.1, 0.15) is 11.9 Å². The van der Waals surface area contributed by atoms with Crippen LogP contribution in [0.25, 0.3) is 0 Å². The Kier molecular flexibility index (Phi) is 10.4. The van der Waals surface area contributed by atoms with Gasteiger partial charge >= 0.3 is 0 Å². The Morgan fingerprint density at radius 2 is 1.89 bits per heavy atom. The zero-order valence-electron chi connectivity index (χ0n) is 17.1. The normalized spacial score (nSPS) is 11.8. The van der Waals surface area contributed by atoms with Crippen molar-refractivity contribution in [1.29, 1.82) is 0 Å². The maximum Gasteiger partial charge on any atom is 0.191 e. The molecular weight excluding hydrogens is 469 g/mol. The lowest BCUT2D eigenvalue weighted by Crippen LogP contribution is -2.41. The first-order valence-electron chi connectivity index (χ1n) is 8.90. The predicted octanol–water partition coefficient (Wildman–Crippen LogP) is 2.91. The zero-order valence-corrected chi connectivity index (χ0v) is 19.4. The lowest BCUT2D eigenvalue weighted by atomic mass is 10.2. The predicted molar refractivity (Wildman–Crippen MR) is 125 cm³/mol. The lowest BCUT2D eigenvalue weighted by Gasteiger charge is -2.19. The molecular formula is C20H30IN5O2. The maximum atomic E-state index is 5.95. The SMILES string of the molecule is CN=C(NCc1ccnc(N(C)C)c1)NCC(C)Oc1ccccc1OC.I. The number of pyridine rings is 1. The minimum absolute atomic E-state index is 0. The van der Waals surface area contributed by atoms with Crippen molar-refractivity contribution in [3.63, 3.8) is 0 Å². The molecule has 2 N–H and O–H groups in total. The summed E-state index contributed by atoms with van der Waals surface area (Å²) in [6.45, 7) is 3.26. The average Bonchev–Trinajstić information content (AvgIpc) is 2.68. The van der Waals surface area contributed by atoms with Crippen molar-refractivity contribution < 1.29 is 9.47 Å². The highest BCUT2D eigenvalue weighted by atomic mass is 127. The maximum absolute atomic E-state index is 5.95. The van der Waals surface area contributed by atoms with Gasteiger partial charge in [0.15, 0.2) is 17.5 Å². The van der Waals surface area contributed by atoms with Crippen LogP contribution in [0.1, 0.15) is 12.5 Å². The second kappa shape index (κ2) is 12.3. The lowest BCUT2D eigenvalue weighted by molar-refractivity contribution is 0.213. The summed E-state index contributed by atoms with van der Waals surface area (Å²) >= 11 is 0. The molecule has 8 heteroatoms. The number of benzene rings is 1. The van der Waals surface area contributed by atoms with Gasteiger partial charge in [-0.25, -0.2) is 4.98 Å². The van der Waals surface area contributed by atoms with Crippen LogP contribution in [0, 0.1) is 0 Å². The molecule has 0 amide bonds. The molecule has 0 saturated heterocycles. The van der Waals surface area contributed by atoms with E-state index < -0.39 is 0 Å². The third-order valence-corrected chi connectivity index (χ3v) is 3.91. The van der Waals surface area contributed by atoms with Crippen molar-refractivity contribution in [2.45, 2.75) is 19.6 Å². The standard InChI is InChI=1S/C20H29N5O2.HI/c1-15(27-18-9-7-6-8-17(18)26-5)13-23-20(21-2)24-14-16-10-11-22-19(12-16)25(3)4;/h6-12,15H,13-14H2,1-5H3,(H2,21,23,24);1H. The Hall–Kier alpha value is -2.23. The minimum Gasteiger partial charge on any atom is -0.493 e. The number of aromatic nitrogens is 1. The molecule has 7 nitrogen and oxygen atoms in total. The highest BCUT2D eigenvalue weighted by Crippen LogP contribution is 2.26. The quantitative estimate of drug-likeness (QED) is 0.331. The Labute approximate surface area is 184 Å². The fourth-order valence-electron chi connectivity index (χ4n) is 2.44. The fraction of sp³-hybridized carbons (Fsp3) is 0.400. The number of hydrogen-bond donors (Lipinski definition) is 2. The zero-order chi connectivity index (χ0) is 19.6. The summed E-state index contributed by atoms with van der Waals surface area (Å²) in [7, 11) is 7.34. The Morgan fingerprint density at radius 3 is 2.54 bits per heavy atom. The van der Waals surface area contributed by atoms with Gasteiger partial charge in [0.25, 0.3) is 0 Å². The summed E-state index contributed by atoms with van der Waals surface area (Å²) in [5.41, 5.74) is 1.13. The summed E-state index contributed by atoms with van der Waals surface area (Å²) in [5.74, 6) is 3.09. The first-order chi connectivity index (χ1) is 13.0. The molecule has 0 fully saturated rings. The summed E-state index contributed by atoms with van der Waals surface area (Å²) in [6.07, 6.45) is 1.76. The van der Waals surface area contributed by atoms with Gasteiger partial charge in [-0.3, -0.25) is 4.99 Å². The number of anilines is 1. The molecule has 0 radical (unpaired) electrons. The molecule has 0 aliphatic rings. The summed E-state index contributed by atoms with van der Waals surface area (Å²) in [6, 6.07) is 11.7. The number of rotatable bonds is 8. The van der Waals surface area contributed by atoms with Crippen molar-refractivity contribution in [3.05, 3.63) is 48.2 Å². The van der Waals surface area contributed by atoms with Crippen LogP contribution >= 0.6 is 24.0 Å². The summed E-state index contributed by atoms with van der Waals surface area (Å²) in [5, 5.41) is 6.59. The average molecular weight is 499 g/mol. The number of guanidine groups is 1. The van der Waals surface area contributed by atoms with E-state index >= 15 is 0 Å². The van der Waals surface area contributed by atoms with Crippen LogP contribution in [0.15, 0.2) is 47.6 Å². The first-order valence-corrected chi connectivity index (χ1v) is 8.90. The van der Waals surface area contributed by atoms with Crippen molar-refractivity contribution >= 4 is 35.8 Å². The third-order valence-electron chi connectivity index (χ3n) is 3.91. The van der Waals surface area contributed by atoms with Gasteiger partial charge in [-0.1, -0.05) is 12.1 Å². The van der Waals surface area contributed by atoms with Crippen LogP contribution in [-0.2, 0) is 6.54 Å². The van der Waals surface area contributed by atoms with Gasteiger partial charge in [-0.05, 0) is 36.8 Å². The van der Waals surface area contributed by atoms with Gasteiger partial charge in [-0.2, -0.15) is 0 Å². The highest BCUT2D eigenvalue weighted by molar-refractivity contribution is 14.0. The number of nitrogens with one attached hydrogen (secondary N) is 2. The smallest absolute Gasteiger partial charge is 0.191 e. The number of methoxy groups -OCH3 is 1. The number of para-hydroxylation sites is 2. The molecule has 0 bridgehead atoms. The first kappa shape index (κ1) is 23.8. The van der Waals surface area contributed by atoms with E-state index in [-0.39, 0.29) is 30.1 Å². The molecule has 0 aliphatic heterocycles. The molecule has 1 aromatic heterocycles. The van der Waals surface area contributed by atoms with E-state index in [9.17, 15) is 0 Å². The highest BCUT2D eigenvalue weighted by Gasteiger charge is 2.09. The molecule has 1 heterocycles. The molecule has 1 atom stereocenters. The second-order valence-electron chi connectivity index (χ2n) is 6.30. The van der Waals surface area contributed by atoms with Crippen LogP contribution in [0.5, 0.6) is 11.5 Å². The summed E-state index contributed by atoms with van der Waals surface area (Å²) < 4.78 is 11.3. The molecule has 1 aromatic carbocycles. The molecule has 1 unspecified atom stereocenters. The molecule has 28 heavy (non-hydrogen) atoms. The van der Waals surface area contributed by atoms with Gasteiger partial charge in [0, 0.05) is 33.9 Å². The second-order valence-corrected chi connectivity index (χ2v) is 6.30. The van der Waals surface area contributed by atoms with Crippen LogP contribution in [0.3, 0.4) is 0 Å². The molecule has 0 saturated carbocycles. The topological polar surface area (TPSA) is 71.0 Å². The van der Waals surface area contributed by atoms with Crippen LogP contribution in [0.4, 0.5) is 5.82 Å². The van der Waals surface area contributed by atoms with E-state index in [0.717, 1.165) is 22.9 Å². The summed E-state index contributed by atoms with van der Waals surface area (Å²) in [4.78, 5) is 10.6. The fourth-order valence-corrected chi connectivity index (χ4v) is 2.44. The Bertz CT molecular complexity index is 755. The Balaban J connectivity index is 0.00000392. The molecule has 0 spiro atoms. The minimum atomic E-state index is -0.0545. The van der Waals surface area contributed by atoms with E-state index in [0.29, 0.717) is 19.0 Å². The molecule has 2 rings (SSSR count). The number of aliphatic imine (C=N–C) groups is 1. The number of hydrogen-bond acceptors (Lipinski definition) is 5. The largest absolute Gasteiger partial charge is 0.493 e. The van der Waals surface area contributed by atoms with E-state index in [1.165, 1.54) is 0 Å². The number of ether oxygens (including phenoxy) is 2. The van der Waals surface area contributed by atoms with Crippen molar-refractivity contribution in [1.82, 2.24) is 15.6 Å².